The molecule has 0 atom stereocenters. The number of hydrogen-bond acceptors (Lipinski definition) is 3. The van der Waals surface area contributed by atoms with E-state index in [2.05, 4.69) is 208 Å². The number of hydrogen-bond donors (Lipinski definition) is 0. The molecule has 5 aromatic carbocycles. The van der Waals surface area contributed by atoms with E-state index in [1.54, 1.807) is 0 Å². The molecule has 0 bridgehead atoms. The molecular formula is C45H56BrNO2Si2. The summed E-state index contributed by atoms with van der Waals surface area (Å²) in [6.07, 6.45) is 2.20. The second kappa shape index (κ2) is 17.5. The van der Waals surface area contributed by atoms with Gasteiger partial charge in [0.2, 0.25) is 0 Å². The third-order valence-electron chi connectivity index (χ3n) is 10.1. The second-order valence-electron chi connectivity index (χ2n) is 15.5. The lowest BCUT2D eigenvalue weighted by molar-refractivity contribution is 0.285. The predicted molar refractivity (Wildman–Crippen MR) is 228 cm³/mol. The standard InChI is InChI=1S/C45H56BrNO2Si2/c1-44(2,3)50(40-21-11-7-12-22-40,41-23-13-8-14-24-41)48-36-34-47(39-31-29-38(30-32-39)20-19-33-46)35-37-49-51(45(4,5)6,42-25-15-9-16-26-42)43-27-17-10-18-28-43/h7-18,21-32H,19-20,33-37H2,1-6H3. The Labute approximate surface area is 318 Å². The van der Waals surface area contributed by atoms with Crippen molar-refractivity contribution < 1.29 is 8.85 Å². The van der Waals surface area contributed by atoms with E-state index in [4.69, 9.17) is 8.85 Å². The van der Waals surface area contributed by atoms with Crippen molar-refractivity contribution in [3.63, 3.8) is 0 Å². The normalized spacial score (nSPS) is 12.5. The molecule has 3 nitrogen and oxygen atoms in total. The molecule has 0 saturated heterocycles. The summed E-state index contributed by atoms with van der Waals surface area (Å²) in [6.45, 7) is 16.8. The van der Waals surface area contributed by atoms with Crippen LogP contribution in [0.4, 0.5) is 5.69 Å². The fourth-order valence-electron chi connectivity index (χ4n) is 7.66. The summed E-state index contributed by atoms with van der Waals surface area (Å²) in [7, 11) is -5.34. The fourth-order valence-corrected chi connectivity index (χ4v) is 17.0. The molecule has 0 unspecified atom stereocenters. The molecule has 5 aromatic rings. The number of halogens is 1. The van der Waals surface area contributed by atoms with Gasteiger partial charge in [-0.05, 0) is 61.4 Å². The largest absolute Gasteiger partial charge is 0.406 e. The van der Waals surface area contributed by atoms with Crippen LogP contribution in [0.1, 0.15) is 53.5 Å². The van der Waals surface area contributed by atoms with Gasteiger partial charge in [0.15, 0.2) is 0 Å². The first-order chi connectivity index (χ1) is 24.5. The van der Waals surface area contributed by atoms with Crippen molar-refractivity contribution in [2.24, 2.45) is 0 Å². The fraction of sp³-hybridized carbons (Fsp3) is 0.333. The van der Waals surface area contributed by atoms with Crippen molar-refractivity contribution in [1.82, 2.24) is 0 Å². The molecular weight excluding hydrogens is 723 g/mol. The Bertz CT molecular complexity index is 1550. The van der Waals surface area contributed by atoms with Gasteiger partial charge in [0.25, 0.3) is 16.6 Å². The average Bonchev–Trinajstić information content (AvgIpc) is 3.14. The van der Waals surface area contributed by atoms with Gasteiger partial charge in [-0.3, -0.25) is 0 Å². The second-order valence-corrected chi connectivity index (χ2v) is 24.9. The summed E-state index contributed by atoms with van der Waals surface area (Å²) in [4.78, 5) is 2.48. The van der Waals surface area contributed by atoms with E-state index < -0.39 is 16.6 Å². The van der Waals surface area contributed by atoms with Gasteiger partial charge in [-0.1, -0.05) is 191 Å². The van der Waals surface area contributed by atoms with Crippen LogP contribution in [0.2, 0.25) is 10.1 Å². The van der Waals surface area contributed by atoms with E-state index in [1.165, 1.54) is 32.0 Å². The third kappa shape index (κ3) is 8.86. The zero-order chi connectivity index (χ0) is 36.4. The molecule has 0 heterocycles. The van der Waals surface area contributed by atoms with E-state index in [9.17, 15) is 0 Å². The molecule has 0 aromatic heterocycles. The summed E-state index contributed by atoms with van der Waals surface area (Å²) in [5.74, 6) is 0. The van der Waals surface area contributed by atoms with Crippen molar-refractivity contribution in [2.45, 2.75) is 64.5 Å². The van der Waals surface area contributed by atoms with Gasteiger partial charge in [0.1, 0.15) is 0 Å². The highest BCUT2D eigenvalue weighted by molar-refractivity contribution is 9.09. The van der Waals surface area contributed by atoms with Crippen LogP contribution in [-0.4, -0.2) is 48.3 Å². The lowest BCUT2D eigenvalue weighted by Gasteiger charge is -2.44. The van der Waals surface area contributed by atoms with E-state index >= 15 is 0 Å². The molecule has 0 aliphatic carbocycles. The van der Waals surface area contributed by atoms with Crippen LogP contribution in [0.15, 0.2) is 146 Å². The number of rotatable bonds is 16. The van der Waals surface area contributed by atoms with Crippen LogP contribution < -0.4 is 25.6 Å². The van der Waals surface area contributed by atoms with Crippen molar-refractivity contribution in [3.8, 4) is 0 Å². The van der Waals surface area contributed by atoms with Crippen molar-refractivity contribution in [1.29, 1.82) is 0 Å². The molecule has 0 aliphatic heterocycles. The smallest absolute Gasteiger partial charge is 0.261 e. The SMILES string of the molecule is CC(C)(C)[Si](OCCN(CCO[Si](c1ccccc1)(c1ccccc1)C(C)(C)C)c1ccc(CCCBr)cc1)(c1ccccc1)c1ccccc1. The molecule has 0 spiro atoms. The van der Waals surface area contributed by atoms with E-state index in [1.807, 2.05) is 0 Å². The predicted octanol–water partition coefficient (Wildman–Crippen LogP) is 8.97. The van der Waals surface area contributed by atoms with Crippen LogP contribution in [0, 0.1) is 0 Å². The van der Waals surface area contributed by atoms with Gasteiger partial charge in [0.05, 0.1) is 13.2 Å². The maximum atomic E-state index is 7.40. The van der Waals surface area contributed by atoms with E-state index in [0.717, 1.165) is 31.3 Å². The summed E-state index contributed by atoms with van der Waals surface area (Å²) < 4.78 is 14.8. The topological polar surface area (TPSA) is 21.7 Å². The summed E-state index contributed by atoms with van der Waals surface area (Å²) >= 11 is 3.60. The summed E-state index contributed by atoms with van der Waals surface area (Å²) in [6, 6.07) is 52.9. The Hall–Kier alpha value is -3.27. The molecule has 0 saturated carbocycles. The van der Waals surface area contributed by atoms with Crippen LogP contribution >= 0.6 is 15.9 Å². The van der Waals surface area contributed by atoms with Gasteiger partial charge in [-0.15, -0.1) is 0 Å². The zero-order valence-electron chi connectivity index (χ0n) is 31.4. The van der Waals surface area contributed by atoms with Crippen molar-refractivity contribution >= 4 is 59.0 Å². The van der Waals surface area contributed by atoms with Crippen LogP contribution in [-0.2, 0) is 15.3 Å². The summed E-state index contributed by atoms with van der Waals surface area (Å²) in [5, 5.41) is 6.08. The molecule has 51 heavy (non-hydrogen) atoms. The number of benzene rings is 5. The van der Waals surface area contributed by atoms with Gasteiger partial charge in [0, 0.05) is 24.1 Å². The number of nitrogens with zero attached hydrogens (tertiary/aromatic N) is 1. The number of aryl methyl sites for hydroxylation is 1. The molecule has 5 rings (SSSR count). The third-order valence-corrected chi connectivity index (χ3v) is 20.7. The molecule has 0 aliphatic rings. The number of anilines is 1. The zero-order valence-corrected chi connectivity index (χ0v) is 35.0. The minimum atomic E-state index is -2.67. The molecule has 0 radical (unpaired) electrons. The molecule has 0 amide bonds. The van der Waals surface area contributed by atoms with Gasteiger partial charge in [-0.25, -0.2) is 0 Å². The van der Waals surface area contributed by atoms with Crippen LogP contribution in [0.3, 0.4) is 0 Å². The highest BCUT2D eigenvalue weighted by Gasteiger charge is 2.51. The lowest BCUT2D eigenvalue weighted by Crippen LogP contribution is -2.67. The van der Waals surface area contributed by atoms with Gasteiger partial charge in [-0.2, -0.15) is 0 Å². The number of alkyl halides is 1. The van der Waals surface area contributed by atoms with E-state index in [-0.39, 0.29) is 10.1 Å². The Balaban J connectivity index is 1.47. The van der Waals surface area contributed by atoms with Gasteiger partial charge >= 0.3 is 0 Å². The first-order valence-electron chi connectivity index (χ1n) is 18.4. The molecule has 268 valence electrons. The first-order valence-corrected chi connectivity index (χ1v) is 23.4. The quantitative estimate of drug-likeness (QED) is 0.0738. The monoisotopic (exact) mass is 777 g/mol. The van der Waals surface area contributed by atoms with E-state index in [0.29, 0.717) is 13.2 Å². The Morgan fingerprint density at radius 1 is 0.490 bits per heavy atom. The highest BCUT2D eigenvalue weighted by Crippen LogP contribution is 2.38. The average molecular weight is 779 g/mol. The van der Waals surface area contributed by atoms with Crippen LogP contribution in [0.25, 0.3) is 0 Å². The first kappa shape index (κ1) is 39.0. The maximum absolute atomic E-state index is 7.40. The Morgan fingerprint density at radius 3 is 1.12 bits per heavy atom. The minimum absolute atomic E-state index is 0.0794. The summed E-state index contributed by atoms with van der Waals surface area (Å²) in [5.41, 5.74) is 2.57. The minimum Gasteiger partial charge on any atom is -0.406 e. The highest BCUT2D eigenvalue weighted by atomic mass is 79.9. The lowest BCUT2D eigenvalue weighted by atomic mass is 10.1. The maximum Gasteiger partial charge on any atom is 0.261 e. The molecule has 0 N–H and O–H groups in total. The molecule has 0 fully saturated rings. The van der Waals surface area contributed by atoms with Crippen LogP contribution in [0.5, 0.6) is 0 Å². The Morgan fingerprint density at radius 2 is 0.824 bits per heavy atom. The Kier molecular flexibility index (Phi) is 13.4. The van der Waals surface area contributed by atoms with Crippen molar-refractivity contribution in [2.75, 3.05) is 36.5 Å². The molecule has 6 heteroatoms. The van der Waals surface area contributed by atoms with Crippen molar-refractivity contribution in [3.05, 3.63) is 151 Å². The van der Waals surface area contributed by atoms with Gasteiger partial charge < -0.3 is 13.8 Å².